The Balaban J connectivity index is 1.46. The van der Waals surface area contributed by atoms with Gasteiger partial charge in [0.25, 0.3) is 0 Å². The lowest BCUT2D eigenvalue weighted by Crippen LogP contribution is -2.44. The summed E-state index contributed by atoms with van der Waals surface area (Å²) in [6.07, 6.45) is 2.44. The van der Waals surface area contributed by atoms with Gasteiger partial charge in [-0.2, -0.15) is 0 Å². The largest absolute Gasteiger partial charge is 0.312 e. The number of nitrogens with zero attached hydrogens (tertiary/aromatic N) is 3. The van der Waals surface area contributed by atoms with Crippen molar-refractivity contribution in [1.82, 2.24) is 9.21 Å². The molecule has 0 aromatic heterocycles. The molecule has 0 radical (unpaired) electrons. The molecule has 2 heterocycles. The van der Waals surface area contributed by atoms with Gasteiger partial charge in [0.05, 0.1) is 10.8 Å². The number of carbonyl (C=O) groups excluding carboxylic acids is 1. The molecule has 2 aromatic carbocycles. The van der Waals surface area contributed by atoms with Crippen molar-refractivity contribution in [2.24, 2.45) is 5.92 Å². The molecule has 0 aliphatic carbocycles. The Morgan fingerprint density at radius 3 is 2.58 bits per heavy atom. The van der Waals surface area contributed by atoms with Crippen LogP contribution in [0.2, 0.25) is 0 Å². The molecule has 4 rings (SSSR count). The number of hydrogen-bond donors (Lipinski definition) is 0. The molecule has 1 atom stereocenters. The standard InChI is InChI=1S/C23H28FN3O3S/c1-25(2)31(29,30)21-9-10-22-18(14-21)11-13-27(22)23(28)19-4-3-12-26(16-19)15-17-5-7-20(24)8-6-17/h5-10,14,19H,3-4,11-13,15-16H2,1-2H3. The van der Waals surface area contributed by atoms with E-state index in [1.807, 2.05) is 4.90 Å². The quantitative estimate of drug-likeness (QED) is 0.710. The zero-order valence-electron chi connectivity index (χ0n) is 17.9. The Kier molecular flexibility index (Phi) is 6.14. The summed E-state index contributed by atoms with van der Waals surface area (Å²) in [5.41, 5.74) is 2.75. The van der Waals surface area contributed by atoms with E-state index in [1.54, 1.807) is 30.3 Å². The number of fused-ring (bicyclic) bond motifs is 1. The number of amides is 1. The molecule has 2 aliphatic heterocycles. The molecule has 1 saturated heterocycles. The zero-order valence-corrected chi connectivity index (χ0v) is 18.7. The van der Waals surface area contributed by atoms with E-state index in [0.717, 1.165) is 36.2 Å². The first-order valence-corrected chi connectivity index (χ1v) is 12.0. The fraction of sp³-hybridized carbons (Fsp3) is 0.435. The van der Waals surface area contributed by atoms with Crippen LogP contribution in [0.25, 0.3) is 0 Å². The first kappa shape index (κ1) is 21.9. The maximum absolute atomic E-state index is 13.3. The highest BCUT2D eigenvalue weighted by Gasteiger charge is 2.33. The third-order valence-electron chi connectivity index (χ3n) is 6.17. The lowest BCUT2D eigenvalue weighted by Gasteiger charge is -2.34. The smallest absolute Gasteiger partial charge is 0.242 e. The number of benzene rings is 2. The third-order valence-corrected chi connectivity index (χ3v) is 7.98. The Morgan fingerprint density at radius 1 is 1.13 bits per heavy atom. The predicted molar refractivity (Wildman–Crippen MR) is 118 cm³/mol. The van der Waals surface area contributed by atoms with Crippen molar-refractivity contribution < 1.29 is 17.6 Å². The highest BCUT2D eigenvalue weighted by atomic mass is 32.2. The van der Waals surface area contributed by atoms with Gasteiger partial charge in [0.1, 0.15) is 5.82 Å². The molecule has 0 spiro atoms. The van der Waals surface area contributed by atoms with Crippen LogP contribution in [0.4, 0.5) is 10.1 Å². The van der Waals surface area contributed by atoms with Crippen LogP contribution in [-0.2, 0) is 27.8 Å². The number of hydrogen-bond acceptors (Lipinski definition) is 4. The Hall–Kier alpha value is -2.29. The fourth-order valence-electron chi connectivity index (χ4n) is 4.45. The van der Waals surface area contributed by atoms with Crippen LogP contribution in [0.3, 0.4) is 0 Å². The molecule has 2 aromatic rings. The highest BCUT2D eigenvalue weighted by Crippen LogP contribution is 2.33. The van der Waals surface area contributed by atoms with Gasteiger partial charge in [-0.25, -0.2) is 17.1 Å². The topological polar surface area (TPSA) is 60.9 Å². The van der Waals surface area contributed by atoms with Gasteiger partial charge in [0, 0.05) is 39.4 Å². The molecule has 166 valence electrons. The summed E-state index contributed by atoms with van der Waals surface area (Å²) in [6, 6.07) is 11.5. The van der Waals surface area contributed by atoms with Crippen LogP contribution < -0.4 is 4.90 Å². The van der Waals surface area contributed by atoms with Crippen molar-refractivity contribution in [1.29, 1.82) is 0 Å². The molecule has 2 aliphatic rings. The van der Waals surface area contributed by atoms with Gasteiger partial charge in [-0.1, -0.05) is 12.1 Å². The van der Waals surface area contributed by atoms with Gasteiger partial charge < -0.3 is 4.90 Å². The van der Waals surface area contributed by atoms with E-state index in [1.165, 1.54) is 30.5 Å². The minimum atomic E-state index is -3.50. The first-order valence-electron chi connectivity index (χ1n) is 10.6. The third kappa shape index (κ3) is 4.51. The van der Waals surface area contributed by atoms with E-state index >= 15 is 0 Å². The molecule has 0 N–H and O–H groups in total. The summed E-state index contributed by atoms with van der Waals surface area (Å²) in [4.78, 5) is 17.6. The predicted octanol–water partition coefficient (Wildman–Crippen LogP) is 2.88. The second-order valence-electron chi connectivity index (χ2n) is 8.52. The molecule has 0 saturated carbocycles. The van der Waals surface area contributed by atoms with Crippen molar-refractivity contribution >= 4 is 21.6 Å². The van der Waals surface area contributed by atoms with Gasteiger partial charge in [0.2, 0.25) is 15.9 Å². The molecule has 8 heteroatoms. The van der Waals surface area contributed by atoms with Crippen molar-refractivity contribution in [2.75, 3.05) is 38.6 Å². The normalized spacial score (nSPS) is 19.6. The van der Waals surface area contributed by atoms with Gasteiger partial charge in [0.15, 0.2) is 0 Å². The monoisotopic (exact) mass is 445 g/mol. The average Bonchev–Trinajstić information content (AvgIpc) is 3.18. The van der Waals surface area contributed by atoms with Gasteiger partial charge >= 0.3 is 0 Å². The zero-order chi connectivity index (χ0) is 22.2. The van der Waals surface area contributed by atoms with Crippen LogP contribution in [0, 0.1) is 11.7 Å². The SMILES string of the molecule is CN(C)S(=O)(=O)c1ccc2c(c1)CCN2C(=O)C1CCCN(Cc2ccc(F)cc2)C1. The Labute approximate surface area is 183 Å². The number of piperidine rings is 1. The number of carbonyl (C=O) groups is 1. The van der Waals surface area contributed by atoms with Crippen molar-refractivity contribution in [3.63, 3.8) is 0 Å². The van der Waals surface area contributed by atoms with E-state index < -0.39 is 10.0 Å². The second-order valence-corrected chi connectivity index (χ2v) is 10.7. The summed E-state index contributed by atoms with van der Waals surface area (Å²) in [5, 5.41) is 0. The minimum absolute atomic E-state index is 0.0923. The number of halogens is 1. The Morgan fingerprint density at radius 2 is 1.87 bits per heavy atom. The summed E-state index contributed by atoms with van der Waals surface area (Å²) in [6.45, 7) is 2.87. The van der Waals surface area contributed by atoms with E-state index in [-0.39, 0.29) is 22.5 Å². The van der Waals surface area contributed by atoms with Crippen molar-refractivity contribution in [3.8, 4) is 0 Å². The van der Waals surface area contributed by atoms with Crippen molar-refractivity contribution in [2.45, 2.75) is 30.7 Å². The van der Waals surface area contributed by atoms with Gasteiger partial charge in [-0.15, -0.1) is 0 Å². The Bertz CT molecular complexity index is 1070. The average molecular weight is 446 g/mol. The van der Waals surface area contributed by atoms with E-state index in [4.69, 9.17) is 0 Å². The van der Waals surface area contributed by atoms with Gasteiger partial charge in [-0.05, 0) is 67.3 Å². The van der Waals surface area contributed by atoms with Crippen LogP contribution in [0.1, 0.15) is 24.0 Å². The second kappa shape index (κ2) is 8.68. The molecule has 31 heavy (non-hydrogen) atoms. The van der Waals surface area contributed by atoms with Crippen molar-refractivity contribution in [3.05, 3.63) is 59.4 Å². The number of sulfonamides is 1. The molecule has 1 amide bonds. The lowest BCUT2D eigenvalue weighted by atomic mass is 9.96. The summed E-state index contributed by atoms with van der Waals surface area (Å²) in [7, 11) is -0.471. The van der Waals surface area contributed by atoms with E-state index in [0.29, 0.717) is 26.1 Å². The minimum Gasteiger partial charge on any atom is -0.312 e. The molecule has 1 unspecified atom stereocenters. The summed E-state index contributed by atoms with van der Waals surface area (Å²) < 4.78 is 39.2. The molecule has 0 bridgehead atoms. The van der Waals surface area contributed by atoms with E-state index in [9.17, 15) is 17.6 Å². The maximum Gasteiger partial charge on any atom is 0.242 e. The highest BCUT2D eigenvalue weighted by molar-refractivity contribution is 7.89. The summed E-state index contributed by atoms with van der Waals surface area (Å²) >= 11 is 0. The van der Waals surface area contributed by atoms with Crippen LogP contribution >= 0.6 is 0 Å². The molecule has 1 fully saturated rings. The number of rotatable bonds is 5. The van der Waals surface area contributed by atoms with Crippen LogP contribution in [0.5, 0.6) is 0 Å². The number of anilines is 1. The van der Waals surface area contributed by atoms with Crippen LogP contribution in [0.15, 0.2) is 47.4 Å². The fourth-order valence-corrected chi connectivity index (χ4v) is 5.40. The molecule has 6 nitrogen and oxygen atoms in total. The van der Waals surface area contributed by atoms with E-state index in [2.05, 4.69) is 4.90 Å². The van der Waals surface area contributed by atoms with Gasteiger partial charge in [-0.3, -0.25) is 9.69 Å². The van der Waals surface area contributed by atoms with Crippen LogP contribution in [-0.4, -0.2) is 57.3 Å². The lowest BCUT2D eigenvalue weighted by molar-refractivity contribution is -0.124. The molecular formula is C23H28FN3O3S. The number of likely N-dealkylation sites (tertiary alicyclic amines) is 1. The maximum atomic E-state index is 13.3. The molecular weight excluding hydrogens is 417 g/mol. The first-order chi connectivity index (χ1) is 14.8. The summed E-state index contributed by atoms with van der Waals surface area (Å²) in [5.74, 6) is -0.235.